The first-order chi connectivity index (χ1) is 11.4. The molecule has 1 N–H and O–H groups in total. The Balaban J connectivity index is 2.02. The van der Waals surface area contributed by atoms with Gasteiger partial charge in [0.2, 0.25) is 0 Å². The van der Waals surface area contributed by atoms with Crippen LogP contribution in [-0.4, -0.2) is 29.1 Å². The molecule has 0 aromatic heterocycles. The van der Waals surface area contributed by atoms with Gasteiger partial charge in [0.15, 0.2) is 0 Å². The molecule has 5 nitrogen and oxygen atoms in total. The molecule has 0 aliphatic rings. The highest BCUT2D eigenvalue weighted by atomic mass is 16.6. The van der Waals surface area contributed by atoms with Crippen LogP contribution >= 0.6 is 0 Å². The quantitative estimate of drug-likeness (QED) is 0.908. The minimum atomic E-state index is -0.955. The maximum atomic E-state index is 12.1. The minimum Gasteiger partial charge on any atom is -0.478 e. The molecule has 0 radical (unpaired) electrons. The third-order valence-corrected chi connectivity index (χ3v) is 3.86. The molecule has 0 heterocycles. The van der Waals surface area contributed by atoms with Crippen molar-refractivity contribution in [1.29, 1.82) is 0 Å². The Morgan fingerprint density at radius 2 is 1.67 bits per heavy atom. The van der Waals surface area contributed by atoms with Gasteiger partial charge in [0.25, 0.3) is 0 Å². The standard InChI is InChI=1S/C19H21NO4/c1-13-9-16(18(21)22)10-14(2)17(13)11-20(3)19(23)24-12-15-7-5-4-6-8-15/h4-10H,11-12H2,1-3H3,(H,21,22). The number of hydrogen-bond donors (Lipinski definition) is 1. The molecule has 0 atom stereocenters. The number of aromatic carboxylic acids is 1. The van der Waals surface area contributed by atoms with Gasteiger partial charge >= 0.3 is 12.1 Å². The van der Waals surface area contributed by atoms with Crippen molar-refractivity contribution in [2.24, 2.45) is 0 Å². The molecule has 126 valence electrons. The van der Waals surface area contributed by atoms with Crippen LogP contribution in [0.4, 0.5) is 4.79 Å². The molecule has 0 saturated carbocycles. The topological polar surface area (TPSA) is 66.8 Å². The van der Waals surface area contributed by atoms with E-state index in [9.17, 15) is 9.59 Å². The summed E-state index contributed by atoms with van der Waals surface area (Å²) in [5, 5.41) is 9.09. The molecule has 2 rings (SSSR count). The molecular formula is C19H21NO4. The van der Waals surface area contributed by atoms with Gasteiger partial charge in [-0.2, -0.15) is 0 Å². The van der Waals surface area contributed by atoms with Crippen molar-refractivity contribution in [2.45, 2.75) is 27.0 Å². The predicted molar refractivity (Wildman–Crippen MR) is 91.0 cm³/mol. The molecule has 24 heavy (non-hydrogen) atoms. The molecule has 0 aliphatic heterocycles. The van der Waals surface area contributed by atoms with Crippen molar-refractivity contribution >= 4 is 12.1 Å². The number of carbonyl (C=O) groups is 2. The van der Waals surface area contributed by atoms with Crippen LogP contribution in [0, 0.1) is 13.8 Å². The smallest absolute Gasteiger partial charge is 0.410 e. The number of benzene rings is 2. The highest BCUT2D eigenvalue weighted by Crippen LogP contribution is 2.19. The number of ether oxygens (including phenoxy) is 1. The third kappa shape index (κ3) is 4.35. The third-order valence-electron chi connectivity index (χ3n) is 3.86. The average molecular weight is 327 g/mol. The van der Waals surface area contributed by atoms with Gasteiger partial charge in [0.05, 0.1) is 5.56 Å². The van der Waals surface area contributed by atoms with Crippen LogP contribution < -0.4 is 0 Å². The lowest BCUT2D eigenvalue weighted by Gasteiger charge is -2.20. The fourth-order valence-corrected chi connectivity index (χ4v) is 2.50. The van der Waals surface area contributed by atoms with Gasteiger partial charge in [-0.15, -0.1) is 0 Å². The van der Waals surface area contributed by atoms with E-state index in [2.05, 4.69) is 0 Å². The van der Waals surface area contributed by atoms with Crippen LogP contribution in [0.1, 0.15) is 32.6 Å². The molecule has 0 fully saturated rings. The molecule has 0 unspecified atom stereocenters. The Hall–Kier alpha value is -2.82. The molecule has 1 amide bonds. The second-order valence-electron chi connectivity index (χ2n) is 5.79. The van der Waals surface area contributed by atoms with E-state index in [1.54, 1.807) is 19.2 Å². The Bertz CT molecular complexity index is 717. The lowest BCUT2D eigenvalue weighted by atomic mass is 9.99. The number of carboxylic acids is 1. The van der Waals surface area contributed by atoms with E-state index < -0.39 is 12.1 Å². The summed E-state index contributed by atoms with van der Waals surface area (Å²) in [6.07, 6.45) is -0.417. The van der Waals surface area contributed by atoms with E-state index in [1.807, 2.05) is 44.2 Å². The van der Waals surface area contributed by atoms with Gasteiger partial charge in [-0.1, -0.05) is 30.3 Å². The highest BCUT2D eigenvalue weighted by Gasteiger charge is 2.15. The summed E-state index contributed by atoms with van der Waals surface area (Å²) in [6.45, 7) is 4.28. The Labute approximate surface area is 141 Å². The molecule has 0 aliphatic carbocycles. The van der Waals surface area contributed by atoms with Crippen molar-refractivity contribution in [2.75, 3.05) is 7.05 Å². The van der Waals surface area contributed by atoms with E-state index in [4.69, 9.17) is 9.84 Å². The predicted octanol–water partition coefficient (Wildman–Crippen LogP) is 3.77. The zero-order valence-electron chi connectivity index (χ0n) is 14.1. The van der Waals surface area contributed by atoms with Crippen molar-refractivity contribution < 1.29 is 19.4 Å². The van der Waals surface area contributed by atoms with Crippen LogP contribution in [0.2, 0.25) is 0 Å². The number of nitrogens with zero attached hydrogens (tertiary/aromatic N) is 1. The molecule has 0 spiro atoms. The van der Waals surface area contributed by atoms with Crippen molar-refractivity contribution in [1.82, 2.24) is 4.90 Å². The molecule has 5 heteroatoms. The number of amides is 1. The lowest BCUT2D eigenvalue weighted by Crippen LogP contribution is -2.27. The molecule has 2 aromatic rings. The van der Waals surface area contributed by atoms with Gasteiger partial charge in [0.1, 0.15) is 6.61 Å². The molecule has 0 bridgehead atoms. The Kier molecular flexibility index (Phi) is 5.58. The molecule has 2 aromatic carbocycles. The van der Waals surface area contributed by atoms with Gasteiger partial charge in [0, 0.05) is 13.6 Å². The Morgan fingerprint density at radius 3 is 2.21 bits per heavy atom. The van der Waals surface area contributed by atoms with Crippen LogP contribution in [0.25, 0.3) is 0 Å². The van der Waals surface area contributed by atoms with Gasteiger partial charge in [-0.3, -0.25) is 0 Å². The monoisotopic (exact) mass is 327 g/mol. The molecular weight excluding hydrogens is 306 g/mol. The fourth-order valence-electron chi connectivity index (χ4n) is 2.50. The summed E-state index contributed by atoms with van der Waals surface area (Å²) in [5.41, 5.74) is 3.80. The van der Waals surface area contributed by atoms with Crippen molar-refractivity contribution in [3.8, 4) is 0 Å². The van der Waals surface area contributed by atoms with E-state index in [1.165, 1.54) is 4.90 Å². The second-order valence-corrected chi connectivity index (χ2v) is 5.79. The summed E-state index contributed by atoms with van der Waals surface area (Å²) in [5.74, 6) is -0.955. The number of carbonyl (C=O) groups excluding carboxylic acids is 1. The molecule has 0 saturated heterocycles. The summed E-state index contributed by atoms with van der Waals surface area (Å²) in [6, 6.07) is 12.7. The van der Waals surface area contributed by atoms with Crippen LogP contribution in [0.3, 0.4) is 0 Å². The second kappa shape index (κ2) is 7.64. The van der Waals surface area contributed by atoms with Crippen molar-refractivity contribution in [3.05, 3.63) is 70.3 Å². The Morgan fingerprint density at radius 1 is 1.08 bits per heavy atom. The zero-order chi connectivity index (χ0) is 17.7. The summed E-state index contributed by atoms with van der Waals surface area (Å²) >= 11 is 0. The SMILES string of the molecule is Cc1cc(C(=O)O)cc(C)c1CN(C)C(=O)OCc1ccccc1. The van der Waals surface area contributed by atoms with Gasteiger partial charge in [-0.25, -0.2) is 9.59 Å². The number of rotatable bonds is 5. The van der Waals surface area contributed by atoms with E-state index >= 15 is 0 Å². The lowest BCUT2D eigenvalue weighted by molar-refractivity contribution is 0.0696. The maximum absolute atomic E-state index is 12.1. The maximum Gasteiger partial charge on any atom is 0.410 e. The summed E-state index contributed by atoms with van der Waals surface area (Å²) in [4.78, 5) is 24.7. The van der Waals surface area contributed by atoms with E-state index in [-0.39, 0.29) is 12.2 Å². The first kappa shape index (κ1) is 17.5. The van der Waals surface area contributed by atoms with Gasteiger partial charge in [-0.05, 0) is 48.2 Å². The largest absolute Gasteiger partial charge is 0.478 e. The normalized spacial score (nSPS) is 10.3. The zero-order valence-corrected chi connectivity index (χ0v) is 14.1. The first-order valence-electron chi connectivity index (χ1n) is 7.63. The van der Waals surface area contributed by atoms with E-state index in [0.29, 0.717) is 6.54 Å². The fraction of sp³-hybridized carbons (Fsp3) is 0.263. The number of aryl methyl sites for hydroxylation is 2. The van der Waals surface area contributed by atoms with Crippen LogP contribution in [-0.2, 0) is 17.9 Å². The van der Waals surface area contributed by atoms with Gasteiger partial charge < -0.3 is 14.7 Å². The average Bonchev–Trinajstić information content (AvgIpc) is 2.56. The van der Waals surface area contributed by atoms with Crippen LogP contribution in [0.5, 0.6) is 0 Å². The first-order valence-corrected chi connectivity index (χ1v) is 7.63. The number of carboxylic acid groups (broad SMARTS) is 1. The van der Waals surface area contributed by atoms with E-state index in [0.717, 1.165) is 22.3 Å². The summed E-state index contributed by atoms with van der Waals surface area (Å²) in [7, 11) is 1.66. The minimum absolute atomic E-state index is 0.222. The van der Waals surface area contributed by atoms with Crippen LogP contribution in [0.15, 0.2) is 42.5 Å². The number of hydrogen-bond acceptors (Lipinski definition) is 3. The highest BCUT2D eigenvalue weighted by molar-refractivity contribution is 5.88. The van der Waals surface area contributed by atoms with Crippen molar-refractivity contribution in [3.63, 3.8) is 0 Å². The summed E-state index contributed by atoms with van der Waals surface area (Å²) < 4.78 is 5.30.